The van der Waals surface area contributed by atoms with Gasteiger partial charge in [-0.2, -0.15) is 0 Å². The molecule has 0 saturated carbocycles. The van der Waals surface area contributed by atoms with E-state index >= 15 is 0 Å². The van der Waals surface area contributed by atoms with Gasteiger partial charge < -0.3 is 4.74 Å². The third-order valence-corrected chi connectivity index (χ3v) is 2.33. The molecule has 15 heavy (non-hydrogen) atoms. The highest BCUT2D eigenvalue weighted by atomic mass is 35.5. The maximum Gasteiger partial charge on any atom is 0.338 e. The van der Waals surface area contributed by atoms with Gasteiger partial charge in [0.1, 0.15) is 0 Å². The van der Waals surface area contributed by atoms with Gasteiger partial charge in [0.25, 0.3) is 0 Å². The lowest BCUT2D eigenvalue weighted by Crippen LogP contribution is -2.06. The van der Waals surface area contributed by atoms with Gasteiger partial charge in [0.05, 0.1) is 17.2 Å². The highest BCUT2D eigenvalue weighted by Crippen LogP contribution is 2.26. The average Bonchev–Trinajstić information content (AvgIpc) is 2.17. The average molecular weight is 245 g/mol. The summed E-state index contributed by atoms with van der Waals surface area (Å²) in [5, 5.41) is 0.904. The van der Waals surface area contributed by atoms with E-state index in [2.05, 4.69) is 6.58 Å². The molecule has 4 heteroatoms. The highest BCUT2D eigenvalue weighted by molar-refractivity contribution is 6.37. The van der Waals surface area contributed by atoms with Gasteiger partial charge in [-0.25, -0.2) is 4.79 Å². The lowest BCUT2D eigenvalue weighted by molar-refractivity contribution is -0.136. The molecule has 0 atom stereocenters. The van der Waals surface area contributed by atoms with Crippen LogP contribution in [-0.2, 0) is 9.53 Å². The molecule has 1 rings (SSSR count). The second kappa shape index (κ2) is 5.19. The Bertz CT molecular complexity index is 400. The van der Waals surface area contributed by atoms with E-state index in [1.807, 2.05) is 0 Å². The van der Waals surface area contributed by atoms with Crippen LogP contribution in [-0.4, -0.2) is 12.6 Å². The lowest BCUT2D eigenvalue weighted by atomic mass is 10.1. The fourth-order valence-electron chi connectivity index (χ4n) is 1.06. The van der Waals surface area contributed by atoms with E-state index in [1.165, 1.54) is 0 Å². The van der Waals surface area contributed by atoms with Gasteiger partial charge in [-0.05, 0) is 19.1 Å². The minimum absolute atomic E-state index is 0.235. The second-order valence-corrected chi connectivity index (χ2v) is 3.67. The monoisotopic (exact) mass is 244 g/mol. The van der Waals surface area contributed by atoms with E-state index in [1.54, 1.807) is 25.1 Å². The minimum Gasteiger partial charge on any atom is -0.462 e. The molecule has 2 nitrogen and oxygen atoms in total. The summed E-state index contributed by atoms with van der Waals surface area (Å²) in [4.78, 5) is 11.4. The molecular weight excluding hydrogens is 235 g/mol. The Morgan fingerprint density at radius 2 is 2.13 bits per heavy atom. The normalized spacial score (nSPS) is 9.80. The molecule has 0 spiro atoms. The number of carbonyl (C=O) groups excluding carboxylic acids is 1. The molecule has 0 fully saturated rings. The maximum atomic E-state index is 11.4. The molecule has 0 aliphatic rings. The van der Waals surface area contributed by atoms with Gasteiger partial charge in [-0.3, -0.25) is 0 Å². The Morgan fingerprint density at radius 1 is 1.47 bits per heavy atom. The number of ether oxygens (including phenoxy) is 1. The zero-order valence-electron chi connectivity index (χ0n) is 8.22. The van der Waals surface area contributed by atoms with Gasteiger partial charge in [-0.15, -0.1) is 0 Å². The SMILES string of the molecule is C=C(C(=O)OCC)c1ccc(Cl)cc1Cl. The number of esters is 1. The van der Waals surface area contributed by atoms with Crippen molar-refractivity contribution >= 4 is 34.7 Å². The van der Waals surface area contributed by atoms with E-state index in [9.17, 15) is 4.79 Å². The van der Waals surface area contributed by atoms with Crippen LogP contribution in [0.2, 0.25) is 10.0 Å². The summed E-state index contributed by atoms with van der Waals surface area (Å²) in [6.45, 7) is 5.67. The molecule has 0 radical (unpaired) electrons. The smallest absolute Gasteiger partial charge is 0.338 e. The van der Waals surface area contributed by atoms with Crippen molar-refractivity contribution < 1.29 is 9.53 Å². The van der Waals surface area contributed by atoms with Crippen LogP contribution in [0.15, 0.2) is 24.8 Å². The Hall–Kier alpha value is -0.990. The van der Waals surface area contributed by atoms with E-state index < -0.39 is 5.97 Å². The van der Waals surface area contributed by atoms with Crippen molar-refractivity contribution in [2.45, 2.75) is 6.92 Å². The molecular formula is C11H10Cl2O2. The number of hydrogen-bond donors (Lipinski definition) is 0. The third kappa shape index (κ3) is 2.98. The number of halogens is 2. The van der Waals surface area contributed by atoms with Crippen LogP contribution in [0, 0.1) is 0 Å². The van der Waals surface area contributed by atoms with E-state index in [-0.39, 0.29) is 5.57 Å². The number of hydrogen-bond acceptors (Lipinski definition) is 2. The molecule has 0 heterocycles. The molecule has 0 bridgehead atoms. The van der Waals surface area contributed by atoms with Crippen LogP contribution < -0.4 is 0 Å². The summed E-state index contributed by atoms with van der Waals surface area (Å²) in [5.41, 5.74) is 0.776. The van der Waals surface area contributed by atoms with Crippen molar-refractivity contribution in [2.75, 3.05) is 6.61 Å². The molecule has 0 aliphatic heterocycles. The second-order valence-electron chi connectivity index (χ2n) is 2.82. The Balaban J connectivity index is 2.96. The quantitative estimate of drug-likeness (QED) is 0.601. The molecule has 1 aromatic rings. The van der Waals surface area contributed by atoms with Crippen LogP contribution >= 0.6 is 23.2 Å². The Kier molecular flexibility index (Phi) is 4.18. The molecule has 1 aromatic carbocycles. The predicted molar refractivity (Wildman–Crippen MR) is 62.1 cm³/mol. The van der Waals surface area contributed by atoms with E-state index in [4.69, 9.17) is 27.9 Å². The molecule has 80 valence electrons. The Labute approximate surface area is 98.4 Å². The van der Waals surface area contributed by atoms with Crippen LogP contribution in [0.3, 0.4) is 0 Å². The summed E-state index contributed by atoms with van der Waals surface area (Å²) in [6.07, 6.45) is 0. The maximum absolute atomic E-state index is 11.4. The zero-order valence-corrected chi connectivity index (χ0v) is 9.73. The summed E-state index contributed by atoms with van der Waals surface area (Å²) in [7, 11) is 0. The first-order valence-electron chi connectivity index (χ1n) is 4.37. The minimum atomic E-state index is -0.471. The van der Waals surface area contributed by atoms with Crippen LogP contribution in [0.1, 0.15) is 12.5 Å². The van der Waals surface area contributed by atoms with Crippen molar-refractivity contribution in [3.63, 3.8) is 0 Å². The van der Waals surface area contributed by atoms with Crippen LogP contribution in [0.4, 0.5) is 0 Å². The summed E-state index contributed by atoms with van der Waals surface area (Å²) in [5.74, 6) is -0.471. The van der Waals surface area contributed by atoms with Crippen molar-refractivity contribution in [1.82, 2.24) is 0 Å². The number of carbonyl (C=O) groups is 1. The number of benzene rings is 1. The van der Waals surface area contributed by atoms with Gasteiger partial charge in [0.2, 0.25) is 0 Å². The van der Waals surface area contributed by atoms with Crippen molar-refractivity contribution in [3.8, 4) is 0 Å². The first-order valence-corrected chi connectivity index (χ1v) is 5.13. The molecule has 0 aliphatic carbocycles. The van der Waals surface area contributed by atoms with E-state index in [0.717, 1.165) is 0 Å². The summed E-state index contributed by atoms with van der Waals surface area (Å²) >= 11 is 11.6. The Morgan fingerprint density at radius 3 is 2.67 bits per heavy atom. The lowest BCUT2D eigenvalue weighted by Gasteiger charge is -2.07. The fourth-order valence-corrected chi connectivity index (χ4v) is 1.58. The topological polar surface area (TPSA) is 26.3 Å². The molecule has 0 aromatic heterocycles. The van der Waals surface area contributed by atoms with Crippen LogP contribution in [0.5, 0.6) is 0 Å². The van der Waals surface area contributed by atoms with Gasteiger partial charge in [0, 0.05) is 10.6 Å². The predicted octanol–water partition coefficient (Wildman–Crippen LogP) is 3.57. The standard InChI is InChI=1S/C11H10Cl2O2/c1-3-15-11(14)7(2)9-5-4-8(12)6-10(9)13/h4-6H,2-3H2,1H3. The largest absolute Gasteiger partial charge is 0.462 e. The van der Waals surface area contributed by atoms with Crippen molar-refractivity contribution in [3.05, 3.63) is 40.4 Å². The summed E-state index contributed by atoms with van der Waals surface area (Å²) in [6, 6.07) is 4.85. The third-order valence-electron chi connectivity index (χ3n) is 1.78. The van der Waals surface area contributed by atoms with Crippen molar-refractivity contribution in [1.29, 1.82) is 0 Å². The molecule has 0 unspecified atom stereocenters. The fraction of sp³-hybridized carbons (Fsp3) is 0.182. The highest BCUT2D eigenvalue weighted by Gasteiger charge is 2.13. The van der Waals surface area contributed by atoms with Gasteiger partial charge in [0.15, 0.2) is 0 Å². The van der Waals surface area contributed by atoms with Crippen LogP contribution in [0.25, 0.3) is 5.57 Å². The molecule has 0 N–H and O–H groups in total. The number of rotatable bonds is 3. The first-order chi connectivity index (χ1) is 7.06. The molecule has 0 amide bonds. The van der Waals surface area contributed by atoms with Gasteiger partial charge >= 0.3 is 5.97 Å². The summed E-state index contributed by atoms with van der Waals surface area (Å²) < 4.78 is 4.81. The zero-order chi connectivity index (χ0) is 11.4. The van der Waals surface area contributed by atoms with E-state index in [0.29, 0.717) is 22.2 Å². The van der Waals surface area contributed by atoms with Crippen molar-refractivity contribution in [2.24, 2.45) is 0 Å². The molecule has 0 saturated heterocycles. The first kappa shape index (κ1) is 12.1. The van der Waals surface area contributed by atoms with Gasteiger partial charge in [-0.1, -0.05) is 35.8 Å².